The number of hydrogen-bond donors (Lipinski definition) is 1. The first-order chi connectivity index (χ1) is 15.4. The monoisotopic (exact) mass is 454 g/mol. The van der Waals surface area contributed by atoms with Gasteiger partial charge in [0.15, 0.2) is 11.7 Å². The normalized spacial score (nSPS) is 18.2. The molecule has 1 atom stereocenters. The fourth-order valence-corrected chi connectivity index (χ4v) is 4.12. The Kier molecular flexibility index (Phi) is 5.91. The molecular weight excluding hydrogens is 434 g/mol. The fraction of sp³-hybridized carbons (Fsp3) is 0.238. The SMILES string of the molecule is COc1cccc(NC(=O)CSC2=NC(c3ccco3)=NC3=[N+](C)C(=O)N(C)C(=O)C23)c1. The summed E-state index contributed by atoms with van der Waals surface area (Å²) < 4.78 is 11.9. The van der Waals surface area contributed by atoms with E-state index in [1.807, 2.05) is 0 Å². The van der Waals surface area contributed by atoms with Crippen molar-refractivity contribution in [3.8, 4) is 5.75 Å². The first kappa shape index (κ1) is 21.5. The zero-order chi connectivity index (χ0) is 22.8. The number of anilines is 1. The lowest BCUT2D eigenvalue weighted by Crippen LogP contribution is -2.54. The molecule has 0 saturated heterocycles. The quantitative estimate of drug-likeness (QED) is 0.692. The van der Waals surface area contributed by atoms with Crippen molar-refractivity contribution in [2.75, 3.05) is 32.3 Å². The van der Waals surface area contributed by atoms with Gasteiger partial charge in [-0.25, -0.2) is 9.79 Å². The van der Waals surface area contributed by atoms with E-state index in [-0.39, 0.29) is 23.3 Å². The summed E-state index contributed by atoms with van der Waals surface area (Å²) in [4.78, 5) is 47.8. The van der Waals surface area contributed by atoms with Crippen molar-refractivity contribution in [1.29, 1.82) is 0 Å². The second kappa shape index (κ2) is 8.79. The summed E-state index contributed by atoms with van der Waals surface area (Å²) in [5, 5.41) is 3.15. The Labute approximate surface area is 187 Å². The number of aliphatic imine (C=N–C) groups is 2. The number of carbonyl (C=O) groups excluding carboxylic acids is 3. The van der Waals surface area contributed by atoms with E-state index in [4.69, 9.17) is 9.15 Å². The van der Waals surface area contributed by atoms with Crippen molar-refractivity contribution >= 4 is 52.0 Å². The van der Waals surface area contributed by atoms with Gasteiger partial charge < -0.3 is 14.5 Å². The molecule has 1 unspecified atom stereocenters. The van der Waals surface area contributed by atoms with Crippen LogP contribution in [-0.2, 0) is 9.59 Å². The Bertz CT molecular complexity index is 1180. The summed E-state index contributed by atoms with van der Waals surface area (Å²) in [6.07, 6.45) is 1.48. The number of nitrogens with zero attached hydrogens (tertiary/aromatic N) is 4. The standard InChI is InChI=1S/C21H19N5O5S/c1-25-18-16(20(28)26(2)21(25)29)19(24-17(23-18)14-8-5-9-31-14)32-11-15(27)22-12-6-4-7-13(10-12)30-3/h4-10,16H,11H2,1-3H3/p+1. The third-order valence-corrected chi connectivity index (χ3v) is 5.91. The Morgan fingerprint density at radius 1 is 1.28 bits per heavy atom. The minimum absolute atomic E-state index is 0.0000865. The van der Waals surface area contributed by atoms with Gasteiger partial charge in [-0.3, -0.25) is 9.59 Å². The van der Waals surface area contributed by atoms with E-state index < -0.39 is 17.9 Å². The first-order valence-corrected chi connectivity index (χ1v) is 10.6. The van der Waals surface area contributed by atoms with Crippen molar-refractivity contribution in [3.05, 3.63) is 48.4 Å². The van der Waals surface area contributed by atoms with Crippen LogP contribution in [0.5, 0.6) is 5.75 Å². The number of carbonyl (C=O) groups is 3. The number of thioether (sulfide) groups is 1. The maximum atomic E-state index is 12.9. The Hall–Kier alpha value is -3.73. The zero-order valence-electron chi connectivity index (χ0n) is 17.6. The third-order valence-electron chi connectivity index (χ3n) is 4.88. The lowest BCUT2D eigenvalue weighted by atomic mass is 10.0. The number of amides is 4. The van der Waals surface area contributed by atoms with Crippen LogP contribution in [0, 0.1) is 5.92 Å². The molecule has 10 nitrogen and oxygen atoms in total. The Morgan fingerprint density at radius 3 is 2.81 bits per heavy atom. The molecule has 2 aliphatic rings. The minimum Gasteiger partial charge on any atom is -0.497 e. The molecule has 0 aliphatic carbocycles. The number of urea groups is 1. The number of nitrogens with one attached hydrogen (secondary N) is 1. The number of rotatable bonds is 5. The van der Waals surface area contributed by atoms with Gasteiger partial charge in [-0.1, -0.05) is 22.8 Å². The molecule has 0 radical (unpaired) electrons. The van der Waals surface area contributed by atoms with E-state index in [2.05, 4.69) is 15.3 Å². The topological polar surface area (TPSA) is 117 Å². The maximum Gasteiger partial charge on any atom is 0.445 e. The van der Waals surface area contributed by atoms with Gasteiger partial charge >= 0.3 is 11.9 Å². The highest BCUT2D eigenvalue weighted by atomic mass is 32.2. The van der Waals surface area contributed by atoms with Crippen LogP contribution in [0.2, 0.25) is 0 Å². The summed E-state index contributed by atoms with van der Waals surface area (Å²) in [5.41, 5.74) is 0.587. The molecule has 4 rings (SSSR count). The van der Waals surface area contributed by atoms with E-state index in [1.54, 1.807) is 50.6 Å². The van der Waals surface area contributed by atoms with Gasteiger partial charge in [0.25, 0.3) is 11.7 Å². The predicted molar refractivity (Wildman–Crippen MR) is 120 cm³/mol. The Morgan fingerprint density at radius 2 is 2.09 bits per heavy atom. The highest BCUT2D eigenvalue weighted by molar-refractivity contribution is 8.14. The van der Waals surface area contributed by atoms with Crippen molar-refractivity contribution in [2.24, 2.45) is 15.9 Å². The second-order valence-corrected chi connectivity index (χ2v) is 7.96. The summed E-state index contributed by atoms with van der Waals surface area (Å²) in [6.45, 7) is 0. The van der Waals surface area contributed by atoms with Gasteiger partial charge in [0, 0.05) is 11.8 Å². The number of furan rings is 1. The Balaban J connectivity index is 1.59. The van der Waals surface area contributed by atoms with Crippen molar-refractivity contribution < 1.29 is 28.1 Å². The summed E-state index contributed by atoms with van der Waals surface area (Å²) in [5.74, 6) is -0.128. The molecule has 11 heteroatoms. The number of benzene rings is 1. The summed E-state index contributed by atoms with van der Waals surface area (Å²) >= 11 is 1.11. The van der Waals surface area contributed by atoms with Gasteiger partial charge in [0.1, 0.15) is 10.8 Å². The molecule has 164 valence electrons. The number of fused-ring (bicyclic) bond motifs is 1. The van der Waals surface area contributed by atoms with E-state index in [0.717, 1.165) is 16.7 Å². The second-order valence-electron chi connectivity index (χ2n) is 6.96. The van der Waals surface area contributed by atoms with E-state index >= 15 is 0 Å². The lowest BCUT2D eigenvalue weighted by molar-refractivity contribution is -0.407. The van der Waals surface area contributed by atoms with E-state index in [9.17, 15) is 14.4 Å². The van der Waals surface area contributed by atoms with Gasteiger partial charge in [0.2, 0.25) is 5.91 Å². The van der Waals surface area contributed by atoms with Crippen LogP contribution in [0.3, 0.4) is 0 Å². The van der Waals surface area contributed by atoms with Crippen molar-refractivity contribution in [2.45, 2.75) is 0 Å². The molecule has 0 saturated carbocycles. The number of hydrogen-bond acceptors (Lipinski definition) is 8. The molecule has 2 aliphatic heterocycles. The van der Waals surface area contributed by atoms with Crippen molar-refractivity contribution in [3.63, 3.8) is 0 Å². The van der Waals surface area contributed by atoms with Gasteiger partial charge in [-0.2, -0.15) is 9.48 Å². The van der Waals surface area contributed by atoms with Gasteiger partial charge in [0.05, 0.1) is 33.2 Å². The van der Waals surface area contributed by atoms with Crippen LogP contribution in [0.25, 0.3) is 0 Å². The number of methoxy groups -OCH3 is 1. The average Bonchev–Trinajstić information content (AvgIpc) is 3.34. The number of ether oxygens (including phenoxy) is 1. The molecule has 1 N–H and O–H groups in total. The number of imide groups is 1. The van der Waals surface area contributed by atoms with E-state index in [1.165, 1.54) is 17.9 Å². The molecule has 4 amide bonds. The molecule has 0 spiro atoms. The largest absolute Gasteiger partial charge is 0.497 e. The van der Waals surface area contributed by atoms with Gasteiger partial charge in [-0.15, -0.1) is 0 Å². The average molecular weight is 454 g/mol. The molecule has 3 heterocycles. The highest BCUT2D eigenvalue weighted by Gasteiger charge is 2.49. The summed E-state index contributed by atoms with van der Waals surface area (Å²) in [6, 6.07) is 9.87. The van der Waals surface area contributed by atoms with Crippen LogP contribution in [0.15, 0.2) is 57.1 Å². The third kappa shape index (κ3) is 4.06. The minimum atomic E-state index is -0.879. The van der Waals surface area contributed by atoms with Gasteiger partial charge in [-0.05, 0) is 24.3 Å². The molecule has 32 heavy (non-hydrogen) atoms. The van der Waals surface area contributed by atoms with Crippen LogP contribution in [0.4, 0.5) is 10.5 Å². The predicted octanol–water partition coefficient (Wildman–Crippen LogP) is 2.07. The molecular formula is C21H20N5O5S+. The lowest BCUT2D eigenvalue weighted by Gasteiger charge is -2.26. The van der Waals surface area contributed by atoms with E-state index in [0.29, 0.717) is 22.2 Å². The van der Waals surface area contributed by atoms with Crippen LogP contribution in [-0.4, -0.2) is 71.0 Å². The first-order valence-electron chi connectivity index (χ1n) is 9.59. The van der Waals surface area contributed by atoms with Crippen LogP contribution in [0.1, 0.15) is 5.76 Å². The molecule has 0 bridgehead atoms. The van der Waals surface area contributed by atoms with Crippen LogP contribution < -0.4 is 10.1 Å². The molecule has 1 aromatic heterocycles. The zero-order valence-corrected chi connectivity index (χ0v) is 18.4. The number of amidine groups is 2. The molecule has 0 fully saturated rings. The van der Waals surface area contributed by atoms with Crippen LogP contribution >= 0.6 is 11.8 Å². The summed E-state index contributed by atoms with van der Waals surface area (Å²) in [7, 11) is 4.49. The molecule has 1 aromatic carbocycles. The van der Waals surface area contributed by atoms with Crippen molar-refractivity contribution in [1.82, 2.24) is 4.90 Å². The molecule has 2 aromatic rings. The maximum absolute atomic E-state index is 12.9. The smallest absolute Gasteiger partial charge is 0.445 e. The fourth-order valence-electron chi connectivity index (χ4n) is 3.24. The highest BCUT2D eigenvalue weighted by Crippen LogP contribution is 2.27.